The first-order chi connectivity index (χ1) is 8.54. The Balaban J connectivity index is 1.98. The third kappa shape index (κ3) is 3.01. The van der Waals surface area contributed by atoms with Gasteiger partial charge in [-0.25, -0.2) is 4.79 Å². The molecular formula is C12H12ClN3O2. The minimum atomic E-state index is -0.418. The van der Waals surface area contributed by atoms with Gasteiger partial charge in [0.2, 0.25) is 0 Å². The highest BCUT2D eigenvalue weighted by Gasteiger charge is 2.09. The van der Waals surface area contributed by atoms with Crippen molar-refractivity contribution in [2.24, 2.45) is 0 Å². The van der Waals surface area contributed by atoms with Crippen LogP contribution in [0.4, 0.5) is 16.5 Å². The fourth-order valence-electron chi connectivity index (χ4n) is 1.32. The second-order valence-electron chi connectivity index (χ2n) is 3.75. The summed E-state index contributed by atoms with van der Waals surface area (Å²) in [6.45, 7) is 3.59. The van der Waals surface area contributed by atoms with Crippen LogP contribution in [0.2, 0.25) is 5.02 Å². The number of carbonyl (C=O) groups is 1. The smallest absolute Gasteiger partial charge is 0.327 e. The minimum Gasteiger partial charge on any atom is -0.428 e. The topological polar surface area (TPSA) is 67.2 Å². The van der Waals surface area contributed by atoms with E-state index in [1.165, 1.54) is 0 Å². The molecule has 18 heavy (non-hydrogen) atoms. The van der Waals surface area contributed by atoms with Crippen LogP contribution in [-0.2, 0) is 0 Å². The number of aromatic nitrogens is 1. The Morgan fingerprint density at radius 3 is 2.44 bits per heavy atom. The Morgan fingerprint density at radius 2 is 1.89 bits per heavy atom. The molecule has 0 aliphatic carbocycles. The van der Waals surface area contributed by atoms with E-state index in [1.54, 1.807) is 38.1 Å². The van der Waals surface area contributed by atoms with E-state index in [2.05, 4.69) is 15.6 Å². The molecule has 0 spiro atoms. The summed E-state index contributed by atoms with van der Waals surface area (Å²) in [4.78, 5) is 15.7. The highest BCUT2D eigenvalue weighted by Crippen LogP contribution is 2.15. The van der Waals surface area contributed by atoms with Crippen molar-refractivity contribution in [1.29, 1.82) is 0 Å². The van der Waals surface area contributed by atoms with Crippen molar-refractivity contribution >= 4 is 29.3 Å². The number of nitrogens with zero attached hydrogens (tertiary/aromatic N) is 1. The van der Waals surface area contributed by atoms with Gasteiger partial charge in [0.05, 0.1) is 5.69 Å². The molecule has 2 amide bonds. The van der Waals surface area contributed by atoms with Crippen LogP contribution in [-0.4, -0.2) is 11.0 Å². The van der Waals surface area contributed by atoms with Crippen molar-refractivity contribution in [3.8, 4) is 0 Å². The van der Waals surface area contributed by atoms with Gasteiger partial charge in [0.1, 0.15) is 5.76 Å². The zero-order valence-corrected chi connectivity index (χ0v) is 10.7. The van der Waals surface area contributed by atoms with Gasteiger partial charge in [0.25, 0.3) is 0 Å². The van der Waals surface area contributed by atoms with Crippen molar-refractivity contribution in [3.63, 3.8) is 0 Å². The molecular weight excluding hydrogens is 254 g/mol. The third-order valence-electron chi connectivity index (χ3n) is 2.35. The first-order valence-electron chi connectivity index (χ1n) is 5.32. The third-order valence-corrected chi connectivity index (χ3v) is 2.60. The van der Waals surface area contributed by atoms with Gasteiger partial charge in [-0.1, -0.05) is 11.6 Å². The maximum Gasteiger partial charge on any atom is 0.327 e. The molecule has 0 aliphatic rings. The molecule has 0 aliphatic heterocycles. The van der Waals surface area contributed by atoms with E-state index in [-0.39, 0.29) is 6.01 Å². The van der Waals surface area contributed by atoms with Crippen molar-refractivity contribution in [1.82, 2.24) is 4.98 Å². The summed E-state index contributed by atoms with van der Waals surface area (Å²) >= 11 is 5.74. The maximum atomic E-state index is 11.6. The Kier molecular flexibility index (Phi) is 3.53. The van der Waals surface area contributed by atoms with E-state index in [4.69, 9.17) is 16.0 Å². The highest BCUT2D eigenvalue weighted by atomic mass is 35.5. The van der Waals surface area contributed by atoms with E-state index < -0.39 is 6.03 Å². The van der Waals surface area contributed by atoms with Crippen molar-refractivity contribution < 1.29 is 9.21 Å². The van der Waals surface area contributed by atoms with Crippen LogP contribution in [0.25, 0.3) is 0 Å². The van der Waals surface area contributed by atoms with Gasteiger partial charge in [0, 0.05) is 10.7 Å². The number of anilines is 2. The van der Waals surface area contributed by atoms with E-state index in [9.17, 15) is 4.79 Å². The summed E-state index contributed by atoms with van der Waals surface area (Å²) in [5.74, 6) is 0.678. The number of urea groups is 1. The Bertz CT molecular complexity index is 544. The predicted molar refractivity (Wildman–Crippen MR) is 70.1 cm³/mol. The van der Waals surface area contributed by atoms with Gasteiger partial charge in [-0.05, 0) is 38.1 Å². The molecule has 5 nitrogen and oxygen atoms in total. The fourth-order valence-corrected chi connectivity index (χ4v) is 1.44. The molecule has 0 fully saturated rings. The van der Waals surface area contributed by atoms with Crippen LogP contribution in [0.5, 0.6) is 0 Å². The normalized spacial score (nSPS) is 10.2. The lowest BCUT2D eigenvalue weighted by molar-refractivity contribution is 0.261. The van der Waals surface area contributed by atoms with E-state index >= 15 is 0 Å². The van der Waals surface area contributed by atoms with Gasteiger partial charge in [0.15, 0.2) is 0 Å². The second-order valence-corrected chi connectivity index (χ2v) is 4.18. The quantitative estimate of drug-likeness (QED) is 0.872. The molecule has 1 aromatic carbocycles. The van der Waals surface area contributed by atoms with Crippen LogP contribution in [0.1, 0.15) is 11.5 Å². The highest BCUT2D eigenvalue weighted by molar-refractivity contribution is 6.30. The zero-order chi connectivity index (χ0) is 13.1. The lowest BCUT2D eigenvalue weighted by Gasteiger charge is -2.04. The Morgan fingerprint density at radius 1 is 1.22 bits per heavy atom. The molecule has 6 heteroatoms. The number of halogens is 1. The second kappa shape index (κ2) is 5.10. The van der Waals surface area contributed by atoms with Gasteiger partial charge < -0.3 is 9.73 Å². The number of rotatable bonds is 2. The molecule has 2 rings (SSSR count). The molecule has 0 bridgehead atoms. The molecule has 0 radical (unpaired) electrons. The average Bonchev–Trinajstić information content (AvgIpc) is 2.61. The standard InChI is InChI=1S/C12H12ClN3O2/c1-7-8(2)18-12(14-7)16-11(17)15-10-5-3-9(13)4-6-10/h3-6H,1-2H3,(H2,14,15,16,17). The molecule has 2 N–H and O–H groups in total. The lowest BCUT2D eigenvalue weighted by Crippen LogP contribution is -2.19. The average molecular weight is 266 g/mol. The van der Waals surface area contributed by atoms with Crippen LogP contribution in [0, 0.1) is 13.8 Å². The van der Waals surface area contributed by atoms with Crippen LogP contribution in [0.15, 0.2) is 28.7 Å². The summed E-state index contributed by atoms with van der Waals surface area (Å²) in [6.07, 6.45) is 0. The van der Waals surface area contributed by atoms with Crippen LogP contribution < -0.4 is 10.6 Å². The summed E-state index contributed by atoms with van der Waals surface area (Å²) in [5, 5.41) is 5.75. The number of amides is 2. The summed E-state index contributed by atoms with van der Waals surface area (Å²) < 4.78 is 5.24. The van der Waals surface area contributed by atoms with Gasteiger partial charge in [-0.2, -0.15) is 4.98 Å². The molecule has 2 aromatic rings. The first-order valence-corrected chi connectivity index (χ1v) is 5.70. The van der Waals surface area contributed by atoms with Crippen LogP contribution in [0.3, 0.4) is 0 Å². The monoisotopic (exact) mass is 265 g/mol. The predicted octanol–water partition coefficient (Wildman–Crippen LogP) is 3.59. The molecule has 1 aromatic heterocycles. The van der Waals surface area contributed by atoms with Gasteiger partial charge in [-0.15, -0.1) is 0 Å². The lowest BCUT2D eigenvalue weighted by atomic mass is 10.3. The van der Waals surface area contributed by atoms with Gasteiger partial charge in [-0.3, -0.25) is 5.32 Å². The molecule has 0 atom stereocenters. The van der Waals surface area contributed by atoms with E-state index in [1.807, 2.05) is 0 Å². The summed E-state index contributed by atoms with van der Waals surface area (Å²) in [5.41, 5.74) is 1.38. The van der Waals surface area contributed by atoms with Crippen molar-refractivity contribution in [2.75, 3.05) is 10.6 Å². The maximum absolute atomic E-state index is 11.6. The number of aryl methyl sites for hydroxylation is 2. The van der Waals surface area contributed by atoms with Gasteiger partial charge >= 0.3 is 12.0 Å². The summed E-state index contributed by atoms with van der Waals surface area (Å²) in [7, 11) is 0. The fraction of sp³-hybridized carbons (Fsp3) is 0.167. The van der Waals surface area contributed by atoms with Crippen molar-refractivity contribution in [2.45, 2.75) is 13.8 Å². The Labute approximate surface area is 109 Å². The van der Waals surface area contributed by atoms with Crippen LogP contribution >= 0.6 is 11.6 Å². The molecule has 1 heterocycles. The number of nitrogens with one attached hydrogen (secondary N) is 2. The molecule has 0 saturated carbocycles. The summed E-state index contributed by atoms with van der Waals surface area (Å²) in [6, 6.07) is 6.55. The number of carbonyl (C=O) groups excluding carboxylic acids is 1. The molecule has 0 unspecified atom stereocenters. The Hall–Kier alpha value is -2.01. The SMILES string of the molecule is Cc1nc(NC(=O)Nc2ccc(Cl)cc2)oc1C. The number of benzene rings is 1. The molecule has 0 saturated heterocycles. The van der Waals surface area contributed by atoms with E-state index in [0.29, 0.717) is 16.5 Å². The number of hydrogen-bond donors (Lipinski definition) is 2. The zero-order valence-electron chi connectivity index (χ0n) is 9.95. The number of oxazole rings is 1. The molecule has 94 valence electrons. The van der Waals surface area contributed by atoms with E-state index in [0.717, 1.165) is 5.69 Å². The first kappa shape index (κ1) is 12.4. The van der Waals surface area contributed by atoms with Crippen molar-refractivity contribution in [3.05, 3.63) is 40.7 Å². The number of hydrogen-bond acceptors (Lipinski definition) is 3. The minimum absolute atomic E-state index is 0.177. The largest absolute Gasteiger partial charge is 0.428 e.